The minimum Gasteiger partial charge on any atom is -0.366 e. The zero-order chi connectivity index (χ0) is 37.1. The summed E-state index contributed by atoms with van der Waals surface area (Å²) in [4.78, 5) is 42.2. The van der Waals surface area contributed by atoms with Gasteiger partial charge in [-0.2, -0.15) is 18.4 Å². The van der Waals surface area contributed by atoms with E-state index >= 15 is 4.39 Å². The van der Waals surface area contributed by atoms with Crippen molar-refractivity contribution in [2.24, 2.45) is 0 Å². The summed E-state index contributed by atoms with van der Waals surface area (Å²) in [6.45, 7) is 6.73. The predicted molar refractivity (Wildman–Crippen MR) is 187 cm³/mol. The number of anilines is 3. The van der Waals surface area contributed by atoms with Crippen LogP contribution in [0.3, 0.4) is 0 Å². The Hall–Kier alpha value is -4.70. The van der Waals surface area contributed by atoms with Gasteiger partial charge in [-0.1, -0.05) is 18.1 Å². The normalized spacial score (nSPS) is 19.8. The fraction of sp³-hybridized carbons (Fsp3) is 0.500. The van der Waals surface area contributed by atoms with Crippen molar-refractivity contribution >= 4 is 29.0 Å². The van der Waals surface area contributed by atoms with E-state index in [9.17, 15) is 28.0 Å². The highest BCUT2D eigenvalue weighted by Gasteiger charge is 2.51. The van der Waals surface area contributed by atoms with Gasteiger partial charge in [0.1, 0.15) is 29.3 Å². The third-order valence-electron chi connectivity index (χ3n) is 9.69. The van der Waals surface area contributed by atoms with Crippen LogP contribution in [0.15, 0.2) is 36.4 Å². The maximum Gasteiger partial charge on any atom is 0.417 e. The molecule has 1 aromatic heterocycles. The third kappa shape index (κ3) is 8.12. The summed E-state index contributed by atoms with van der Waals surface area (Å²) in [5.41, 5.74) is -1.56. The van der Waals surface area contributed by atoms with Crippen LogP contribution in [0.5, 0.6) is 0 Å². The van der Waals surface area contributed by atoms with Gasteiger partial charge in [0.2, 0.25) is 11.8 Å². The number of halogens is 4. The van der Waals surface area contributed by atoms with Crippen molar-refractivity contribution in [3.05, 3.63) is 59.1 Å². The lowest BCUT2D eigenvalue weighted by Gasteiger charge is -2.59. The zero-order valence-corrected chi connectivity index (χ0v) is 29.3. The highest BCUT2D eigenvalue weighted by molar-refractivity contribution is 6.01. The van der Waals surface area contributed by atoms with Gasteiger partial charge in [-0.25, -0.2) is 9.37 Å². The number of carbonyl (C=O) groups is 2. The molecular weight excluding hydrogens is 666 g/mol. The Morgan fingerprint density at radius 3 is 2.61 bits per heavy atom. The highest BCUT2D eigenvalue weighted by Crippen LogP contribution is 2.38. The van der Waals surface area contributed by atoms with Crippen LogP contribution in [0.1, 0.15) is 23.2 Å². The van der Waals surface area contributed by atoms with Crippen molar-refractivity contribution in [1.82, 2.24) is 24.6 Å². The summed E-state index contributed by atoms with van der Waals surface area (Å²) in [5.74, 6) is 1.35. The number of hydrogen-bond donors (Lipinski definition) is 1. The quantitative estimate of drug-likeness (QED) is 0.239. The average Bonchev–Trinajstić information content (AvgIpc) is 3.05. The number of alkyl halides is 3. The van der Waals surface area contributed by atoms with Crippen molar-refractivity contribution in [3.8, 4) is 18.4 Å². The molecule has 15 heteroatoms. The number of fused-ring (bicyclic) bond motifs is 1. The largest absolute Gasteiger partial charge is 0.417 e. The molecule has 2 saturated heterocycles. The second-order valence-electron chi connectivity index (χ2n) is 13.6. The molecule has 2 aromatic rings. The molecule has 3 aliphatic heterocycles. The number of likely N-dealkylation sites (tertiary alicyclic amines) is 1. The Labute approximate surface area is 296 Å². The van der Waals surface area contributed by atoms with Crippen molar-refractivity contribution in [3.63, 3.8) is 0 Å². The lowest BCUT2D eigenvalue weighted by Crippen LogP contribution is -2.77. The van der Waals surface area contributed by atoms with Crippen molar-refractivity contribution < 1.29 is 27.2 Å². The number of benzene rings is 1. The number of terminal acetylenes is 1. The number of nitrogens with zero attached hydrogens (tertiary/aromatic N) is 8. The lowest BCUT2D eigenvalue weighted by atomic mass is 9.84. The maximum atomic E-state index is 15.6. The first-order valence-corrected chi connectivity index (χ1v) is 16.7. The fourth-order valence-electron chi connectivity index (χ4n) is 7.09. The topological polar surface area (TPSA) is 102 Å². The van der Waals surface area contributed by atoms with Gasteiger partial charge in [-0.15, -0.1) is 6.42 Å². The summed E-state index contributed by atoms with van der Waals surface area (Å²) in [6, 6.07) is 5.80. The standard InChI is InChI=1S/C36H43F4N9O2/c1-6-13-49-19-17-46(22-35(49)23-48(24-35)31(50)11-8-14-44(3)4)16-18-47-15-12-29(34(51)45(5)30-10-7-9-28(37)32(30)47)43-33-26(21-41)27(36(38,39)40)20-25(2)42-33/h1,7-11,20,29H,12-19,22-24H2,2-5H3,(H,42,43)/b11-8+/t29-/m0/s1. The SMILES string of the molecule is C#CCN1CCN(CCN2CC[C@H](Nc3nc(C)cc(C(F)(F)F)c3C#N)C(=O)N(C)c3cccc(F)c32)CC12CN(C(=O)/C=C/CN(C)C)C2. The summed E-state index contributed by atoms with van der Waals surface area (Å²) >= 11 is 0. The molecule has 2 fully saturated rings. The van der Waals surface area contributed by atoms with Crippen LogP contribution in [0.25, 0.3) is 0 Å². The average molecular weight is 710 g/mol. The smallest absolute Gasteiger partial charge is 0.366 e. The van der Waals surface area contributed by atoms with Gasteiger partial charge in [-0.3, -0.25) is 19.4 Å². The number of pyridine rings is 1. The number of amides is 2. The van der Waals surface area contributed by atoms with Crippen LogP contribution >= 0.6 is 0 Å². The summed E-state index contributed by atoms with van der Waals surface area (Å²) in [7, 11) is 5.35. The first kappa shape index (κ1) is 37.6. The minimum atomic E-state index is -4.80. The molecule has 0 radical (unpaired) electrons. The molecule has 0 aliphatic carbocycles. The van der Waals surface area contributed by atoms with E-state index in [1.54, 1.807) is 18.2 Å². The predicted octanol–water partition coefficient (Wildman–Crippen LogP) is 3.02. The number of likely N-dealkylation sites (N-methyl/N-ethyl adjacent to an activating group) is 2. The second-order valence-corrected chi connectivity index (χ2v) is 13.6. The lowest BCUT2D eigenvalue weighted by molar-refractivity contribution is -0.147. The molecule has 1 atom stereocenters. The molecule has 0 bridgehead atoms. The molecule has 3 aliphatic rings. The van der Waals surface area contributed by atoms with Crippen LogP contribution in [0.2, 0.25) is 0 Å². The van der Waals surface area contributed by atoms with Gasteiger partial charge in [0.25, 0.3) is 0 Å². The van der Waals surface area contributed by atoms with Gasteiger partial charge in [0.15, 0.2) is 0 Å². The molecule has 272 valence electrons. The molecule has 1 aromatic carbocycles. The van der Waals surface area contributed by atoms with Crippen LogP contribution in [0, 0.1) is 36.4 Å². The van der Waals surface area contributed by atoms with Crippen molar-refractivity contribution in [1.29, 1.82) is 5.26 Å². The number of hydrogen-bond acceptors (Lipinski definition) is 9. The number of aromatic nitrogens is 1. The van der Waals surface area contributed by atoms with E-state index in [0.717, 1.165) is 6.07 Å². The van der Waals surface area contributed by atoms with Crippen molar-refractivity contribution in [2.75, 3.05) is 102 Å². The maximum absolute atomic E-state index is 15.6. The number of nitrogens with one attached hydrogen (secondary N) is 1. The molecule has 11 nitrogen and oxygen atoms in total. The molecule has 51 heavy (non-hydrogen) atoms. The Balaban J connectivity index is 1.34. The van der Waals surface area contributed by atoms with Gasteiger partial charge in [-0.05, 0) is 45.6 Å². The first-order valence-electron chi connectivity index (χ1n) is 16.7. The molecule has 2 amide bonds. The van der Waals surface area contributed by atoms with E-state index in [1.807, 2.05) is 34.9 Å². The number of para-hydroxylation sites is 1. The van der Waals surface area contributed by atoms with Gasteiger partial charge in [0, 0.05) is 77.7 Å². The van der Waals surface area contributed by atoms with Gasteiger partial charge >= 0.3 is 6.18 Å². The Bertz CT molecular complexity index is 1740. The number of piperazine rings is 1. The number of aryl methyl sites for hydroxylation is 1. The molecule has 0 unspecified atom stereocenters. The van der Waals surface area contributed by atoms with Gasteiger partial charge < -0.3 is 24.9 Å². The number of carbonyl (C=O) groups excluding carboxylic acids is 2. The number of nitriles is 1. The van der Waals surface area contributed by atoms with E-state index in [0.29, 0.717) is 64.6 Å². The van der Waals surface area contributed by atoms with E-state index < -0.39 is 35.1 Å². The second kappa shape index (κ2) is 15.3. The molecular formula is C36H43F4N9O2. The first-order chi connectivity index (χ1) is 24.2. The van der Waals surface area contributed by atoms with Crippen LogP contribution in [0.4, 0.5) is 34.8 Å². The Kier molecular flexibility index (Phi) is 11.2. The third-order valence-corrected chi connectivity index (χ3v) is 9.69. The van der Waals surface area contributed by atoms with Crippen LogP contribution in [-0.4, -0.2) is 135 Å². The summed E-state index contributed by atoms with van der Waals surface area (Å²) < 4.78 is 57.0. The van der Waals surface area contributed by atoms with Crippen LogP contribution in [-0.2, 0) is 15.8 Å². The van der Waals surface area contributed by atoms with E-state index in [-0.39, 0.29) is 41.6 Å². The number of rotatable bonds is 9. The molecule has 4 heterocycles. The van der Waals surface area contributed by atoms with E-state index in [4.69, 9.17) is 6.42 Å². The Morgan fingerprint density at radius 1 is 1.20 bits per heavy atom. The molecule has 1 spiro atoms. The summed E-state index contributed by atoms with van der Waals surface area (Å²) in [6.07, 6.45) is 4.44. The fourth-order valence-corrected chi connectivity index (χ4v) is 7.09. The zero-order valence-electron chi connectivity index (χ0n) is 29.3. The monoisotopic (exact) mass is 709 g/mol. The molecule has 5 rings (SSSR count). The van der Waals surface area contributed by atoms with Crippen molar-refractivity contribution in [2.45, 2.75) is 31.1 Å². The summed E-state index contributed by atoms with van der Waals surface area (Å²) in [5, 5.41) is 12.5. The van der Waals surface area contributed by atoms with E-state index in [2.05, 4.69) is 26.0 Å². The van der Waals surface area contributed by atoms with Crippen LogP contribution < -0.4 is 15.1 Å². The Morgan fingerprint density at radius 2 is 1.94 bits per heavy atom. The highest BCUT2D eigenvalue weighted by atomic mass is 19.4. The van der Waals surface area contributed by atoms with Gasteiger partial charge in [0.05, 0.1) is 29.0 Å². The van der Waals surface area contributed by atoms with E-state index in [1.165, 1.54) is 31.0 Å². The minimum absolute atomic E-state index is 0.0318. The molecule has 0 saturated carbocycles. The molecule has 1 N–H and O–H groups in total.